The van der Waals surface area contributed by atoms with Crippen molar-refractivity contribution in [2.24, 2.45) is 0 Å². The zero-order valence-corrected chi connectivity index (χ0v) is 15.0. The van der Waals surface area contributed by atoms with Crippen LogP contribution in [-0.2, 0) is 11.2 Å². The first-order chi connectivity index (χ1) is 11.7. The third-order valence-corrected chi connectivity index (χ3v) is 5.60. The third kappa shape index (κ3) is 3.85. The molecule has 3 aromatic rings. The lowest BCUT2D eigenvalue weighted by molar-refractivity contribution is -0.113. The minimum absolute atomic E-state index is 0.0668. The van der Waals surface area contributed by atoms with Crippen molar-refractivity contribution in [3.8, 4) is 5.75 Å². The normalized spacial score (nSPS) is 10.8. The number of aromatic nitrogens is 2. The van der Waals surface area contributed by atoms with Crippen LogP contribution < -0.4 is 10.1 Å². The number of rotatable bonds is 6. The smallest absolute Gasteiger partial charge is 0.234 e. The maximum Gasteiger partial charge on any atom is 0.234 e. The van der Waals surface area contributed by atoms with Crippen LogP contribution in [0.2, 0.25) is 0 Å². The second kappa shape index (κ2) is 7.63. The lowest BCUT2D eigenvalue weighted by Gasteiger charge is -2.06. The van der Waals surface area contributed by atoms with Crippen LogP contribution in [0.15, 0.2) is 41.7 Å². The van der Waals surface area contributed by atoms with E-state index in [2.05, 4.69) is 28.3 Å². The van der Waals surface area contributed by atoms with Crippen molar-refractivity contribution >= 4 is 44.9 Å². The standard InChI is InChI=1S/C17H17N3O2S2/c1-3-13-8-14-16(18-10-19-17(14)24-13)23-9-15(21)20-11-4-6-12(22-2)7-5-11/h4-8,10H,3,9H2,1-2H3,(H,20,21). The molecule has 1 aromatic carbocycles. The number of ether oxygens (including phenoxy) is 1. The average Bonchev–Trinajstić information content (AvgIpc) is 3.04. The minimum atomic E-state index is -0.0668. The SMILES string of the molecule is CCc1cc2c(SCC(=O)Nc3ccc(OC)cc3)ncnc2s1. The van der Waals surface area contributed by atoms with E-state index < -0.39 is 0 Å². The molecule has 0 radical (unpaired) electrons. The summed E-state index contributed by atoms with van der Waals surface area (Å²) in [7, 11) is 1.61. The summed E-state index contributed by atoms with van der Waals surface area (Å²) in [6.07, 6.45) is 2.53. The highest BCUT2D eigenvalue weighted by atomic mass is 32.2. The van der Waals surface area contributed by atoms with E-state index in [9.17, 15) is 4.79 Å². The Kier molecular flexibility index (Phi) is 5.32. The zero-order chi connectivity index (χ0) is 16.9. The van der Waals surface area contributed by atoms with Crippen LogP contribution in [0.25, 0.3) is 10.2 Å². The van der Waals surface area contributed by atoms with Crippen LogP contribution in [-0.4, -0.2) is 28.7 Å². The van der Waals surface area contributed by atoms with Crippen LogP contribution >= 0.6 is 23.1 Å². The lowest BCUT2D eigenvalue weighted by atomic mass is 10.3. The highest BCUT2D eigenvalue weighted by molar-refractivity contribution is 8.00. The van der Waals surface area contributed by atoms with E-state index in [-0.39, 0.29) is 5.91 Å². The highest BCUT2D eigenvalue weighted by Gasteiger charge is 2.11. The number of aryl methyl sites for hydroxylation is 1. The van der Waals surface area contributed by atoms with Gasteiger partial charge in [0.1, 0.15) is 21.9 Å². The fourth-order valence-electron chi connectivity index (χ4n) is 2.18. The molecule has 2 aromatic heterocycles. The van der Waals surface area contributed by atoms with Gasteiger partial charge in [-0.25, -0.2) is 9.97 Å². The van der Waals surface area contributed by atoms with Gasteiger partial charge in [0.05, 0.1) is 12.9 Å². The number of nitrogens with zero attached hydrogens (tertiary/aromatic N) is 2. The Morgan fingerprint density at radius 3 is 2.79 bits per heavy atom. The molecule has 24 heavy (non-hydrogen) atoms. The predicted molar refractivity (Wildman–Crippen MR) is 99.1 cm³/mol. The Labute approximate surface area is 148 Å². The second-order valence-electron chi connectivity index (χ2n) is 5.03. The summed E-state index contributed by atoms with van der Waals surface area (Å²) < 4.78 is 5.10. The Morgan fingerprint density at radius 2 is 2.08 bits per heavy atom. The highest BCUT2D eigenvalue weighted by Crippen LogP contribution is 2.31. The molecule has 3 rings (SSSR count). The molecule has 0 aliphatic rings. The van der Waals surface area contributed by atoms with Gasteiger partial charge in [-0.05, 0) is 36.8 Å². The molecule has 0 aliphatic heterocycles. The van der Waals surface area contributed by atoms with Crippen molar-refractivity contribution in [1.82, 2.24) is 9.97 Å². The van der Waals surface area contributed by atoms with Crippen molar-refractivity contribution < 1.29 is 9.53 Å². The first-order valence-corrected chi connectivity index (χ1v) is 9.30. The van der Waals surface area contributed by atoms with Gasteiger partial charge in [-0.2, -0.15) is 0 Å². The van der Waals surface area contributed by atoms with Gasteiger partial charge in [0.15, 0.2) is 0 Å². The molecule has 0 unspecified atom stereocenters. The van der Waals surface area contributed by atoms with E-state index in [0.717, 1.165) is 33.1 Å². The second-order valence-corrected chi connectivity index (χ2v) is 7.11. The van der Waals surface area contributed by atoms with Gasteiger partial charge < -0.3 is 10.1 Å². The predicted octanol–water partition coefficient (Wildman–Crippen LogP) is 3.99. The van der Waals surface area contributed by atoms with Crippen LogP contribution in [0, 0.1) is 0 Å². The van der Waals surface area contributed by atoms with Crippen LogP contribution in [0.3, 0.4) is 0 Å². The summed E-state index contributed by atoms with van der Waals surface area (Å²) in [6.45, 7) is 2.12. The van der Waals surface area contributed by atoms with Gasteiger partial charge in [-0.1, -0.05) is 18.7 Å². The van der Waals surface area contributed by atoms with Crippen LogP contribution in [0.4, 0.5) is 5.69 Å². The number of methoxy groups -OCH3 is 1. The van der Waals surface area contributed by atoms with Gasteiger partial charge in [-0.3, -0.25) is 4.79 Å². The van der Waals surface area contributed by atoms with E-state index in [1.54, 1.807) is 24.8 Å². The Balaban J connectivity index is 1.64. The molecule has 0 spiro atoms. The molecule has 1 N–H and O–H groups in total. The zero-order valence-electron chi connectivity index (χ0n) is 13.4. The number of carbonyl (C=O) groups excluding carboxylic acids is 1. The van der Waals surface area contributed by atoms with Crippen molar-refractivity contribution in [3.63, 3.8) is 0 Å². The number of carbonyl (C=O) groups is 1. The molecule has 2 heterocycles. The largest absolute Gasteiger partial charge is 0.497 e. The number of hydrogen-bond donors (Lipinski definition) is 1. The van der Waals surface area contributed by atoms with E-state index in [1.807, 2.05) is 24.3 Å². The fourth-order valence-corrected chi connectivity index (χ4v) is 3.95. The van der Waals surface area contributed by atoms with Gasteiger partial charge >= 0.3 is 0 Å². The van der Waals surface area contributed by atoms with Crippen molar-refractivity contribution in [1.29, 1.82) is 0 Å². The van der Waals surface area contributed by atoms with Gasteiger partial charge in [-0.15, -0.1) is 11.3 Å². The van der Waals surface area contributed by atoms with Crippen molar-refractivity contribution in [3.05, 3.63) is 41.5 Å². The lowest BCUT2D eigenvalue weighted by Crippen LogP contribution is -2.14. The molecule has 1 amide bonds. The molecule has 0 fully saturated rings. The first-order valence-electron chi connectivity index (χ1n) is 7.49. The summed E-state index contributed by atoms with van der Waals surface area (Å²) in [5, 5.41) is 4.75. The molecular formula is C17H17N3O2S2. The molecule has 7 heteroatoms. The molecule has 0 saturated carbocycles. The molecule has 0 bridgehead atoms. The minimum Gasteiger partial charge on any atom is -0.497 e. The van der Waals surface area contributed by atoms with Gasteiger partial charge in [0.2, 0.25) is 5.91 Å². The maximum atomic E-state index is 12.1. The quantitative estimate of drug-likeness (QED) is 0.532. The van der Waals surface area contributed by atoms with Gasteiger partial charge in [0, 0.05) is 16.0 Å². The Hall–Kier alpha value is -2.12. The molecule has 0 aliphatic carbocycles. The molecule has 0 atom stereocenters. The summed E-state index contributed by atoms with van der Waals surface area (Å²) in [6, 6.07) is 9.37. The summed E-state index contributed by atoms with van der Waals surface area (Å²) in [5.74, 6) is 0.993. The Morgan fingerprint density at radius 1 is 1.29 bits per heavy atom. The molecular weight excluding hydrogens is 342 g/mol. The number of fused-ring (bicyclic) bond motifs is 1. The van der Waals surface area contributed by atoms with E-state index in [4.69, 9.17) is 4.74 Å². The summed E-state index contributed by atoms with van der Waals surface area (Å²) in [5.41, 5.74) is 0.748. The molecule has 0 saturated heterocycles. The Bertz CT molecular complexity index is 847. The number of amides is 1. The molecule has 5 nitrogen and oxygen atoms in total. The van der Waals surface area contributed by atoms with E-state index in [1.165, 1.54) is 16.6 Å². The summed E-state index contributed by atoms with van der Waals surface area (Å²) >= 11 is 3.10. The fraction of sp³-hybridized carbons (Fsp3) is 0.235. The third-order valence-electron chi connectivity index (χ3n) is 3.41. The molecule has 124 valence electrons. The topological polar surface area (TPSA) is 64.1 Å². The van der Waals surface area contributed by atoms with E-state index in [0.29, 0.717) is 5.75 Å². The van der Waals surface area contributed by atoms with Crippen LogP contribution in [0.5, 0.6) is 5.75 Å². The van der Waals surface area contributed by atoms with Crippen LogP contribution in [0.1, 0.15) is 11.8 Å². The monoisotopic (exact) mass is 359 g/mol. The first kappa shape index (κ1) is 16.7. The number of hydrogen-bond acceptors (Lipinski definition) is 6. The number of anilines is 1. The van der Waals surface area contributed by atoms with Crippen molar-refractivity contribution in [2.75, 3.05) is 18.2 Å². The number of benzene rings is 1. The van der Waals surface area contributed by atoms with Crippen molar-refractivity contribution in [2.45, 2.75) is 18.4 Å². The van der Waals surface area contributed by atoms with Gasteiger partial charge in [0.25, 0.3) is 0 Å². The average molecular weight is 359 g/mol. The maximum absolute atomic E-state index is 12.1. The number of nitrogens with one attached hydrogen (secondary N) is 1. The summed E-state index contributed by atoms with van der Waals surface area (Å²) in [4.78, 5) is 23.0. The van der Waals surface area contributed by atoms with E-state index >= 15 is 0 Å². The number of thioether (sulfide) groups is 1. The number of thiophene rings is 1.